The van der Waals surface area contributed by atoms with E-state index in [4.69, 9.17) is 16.3 Å². The molecule has 19 heavy (non-hydrogen) atoms. The third-order valence-electron chi connectivity index (χ3n) is 3.05. The maximum Gasteiger partial charge on any atom is 0.124 e. The van der Waals surface area contributed by atoms with Crippen molar-refractivity contribution < 1.29 is 4.74 Å². The van der Waals surface area contributed by atoms with Crippen LogP contribution in [0.25, 0.3) is 0 Å². The highest BCUT2D eigenvalue weighted by molar-refractivity contribution is 7.10. The minimum Gasteiger partial charge on any atom is -0.496 e. The number of halogens is 1. The molecule has 0 radical (unpaired) electrons. The minimum absolute atomic E-state index is 0.0763. The van der Waals surface area contributed by atoms with Crippen molar-refractivity contribution >= 4 is 22.9 Å². The second-order valence-corrected chi connectivity index (χ2v) is 5.62. The Hall–Kier alpha value is -1.03. The molecule has 2 aromatic rings. The van der Waals surface area contributed by atoms with Gasteiger partial charge < -0.3 is 10.1 Å². The first-order valence-electron chi connectivity index (χ1n) is 6.28. The van der Waals surface area contributed by atoms with E-state index in [0.29, 0.717) is 0 Å². The Morgan fingerprint density at radius 3 is 2.68 bits per heavy atom. The van der Waals surface area contributed by atoms with E-state index in [1.54, 1.807) is 18.4 Å². The highest BCUT2D eigenvalue weighted by Gasteiger charge is 2.21. The molecule has 0 aliphatic rings. The highest BCUT2D eigenvalue weighted by Crippen LogP contribution is 2.38. The lowest BCUT2D eigenvalue weighted by atomic mass is 10.0. The van der Waals surface area contributed by atoms with Crippen LogP contribution in [0.1, 0.15) is 29.0 Å². The second-order valence-electron chi connectivity index (χ2n) is 4.33. The lowest BCUT2D eigenvalue weighted by Gasteiger charge is -2.20. The SMILES string of the molecule is CCNC(c1ccccc1OC)c1scc(C)c1Cl. The molecule has 0 bridgehead atoms. The van der Waals surface area contributed by atoms with Crippen LogP contribution in [-0.2, 0) is 0 Å². The van der Waals surface area contributed by atoms with Crippen LogP contribution in [0.15, 0.2) is 29.6 Å². The summed E-state index contributed by atoms with van der Waals surface area (Å²) in [6.07, 6.45) is 0. The van der Waals surface area contributed by atoms with Crippen molar-refractivity contribution in [3.8, 4) is 5.75 Å². The molecule has 0 amide bonds. The summed E-state index contributed by atoms with van der Waals surface area (Å²) < 4.78 is 5.46. The number of rotatable bonds is 5. The van der Waals surface area contributed by atoms with E-state index in [0.717, 1.165) is 33.3 Å². The number of benzene rings is 1. The van der Waals surface area contributed by atoms with Crippen LogP contribution in [0.2, 0.25) is 5.02 Å². The van der Waals surface area contributed by atoms with Gasteiger partial charge in [-0.25, -0.2) is 0 Å². The molecule has 0 saturated heterocycles. The van der Waals surface area contributed by atoms with Crippen LogP contribution < -0.4 is 10.1 Å². The molecule has 2 nitrogen and oxygen atoms in total. The first-order chi connectivity index (χ1) is 9.19. The fraction of sp³-hybridized carbons (Fsp3) is 0.333. The summed E-state index contributed by atoms with van der Waals surface area (Å²) in [6.45, 7) is 5.00. The number of aryl methyl sites for hydroxylation is 1. The van der Waals surface area contributed by atoms with Crippen LogP contribution in [0.4, 0.5) is 0 Å². The predicted octanol–water partition coefficient (Wildman–Crippen LogP) is 4.42. The van der Waals surface area contributed by atoms with Crippen molar-refractivity contribution in [1.29, 1.82) is 0 Å². The van der Waals surface area contributed by atoms with Gasteiger partial charge in [-0.2, -0.15) is 0 Å². The van der Waals surface area contributed by atoms with Crippen LogP contribution in [0, 0.1) is 6.92 Å². The normalized spacial score (nSPS) is 12.4. The summed E-state index contributed by atoms with van der Waals surface area (Å²) in [6, 6.07) is 8.14. The zero-order chi connectivity index (χ0) is 13.8. The van der Waals surface area contributed by atoms with Gasteiger partial charge in [-0.05, 0) is 30.5 Å². The van der Waals surface area contributed by atoms with Gasteiger partial charge in [-0.15, -0.1) is 11.3 Å². The Balaban J connectivity index is 2.48. The van der Waals surface area contributed by atoms with Crippen LogP contribution in [0.5, 0.6) is 5.75 Å². The zero-order valence-corrected chi connectivity index (χ0v) is 12.9. The first-order valence-corrected chi connectivity index (χ1v) is 7.54. The fourth-order valence-corrected chi connectivity index (χ4v) is 3.49. The molecule has 1 unspecified atom stereocenters. The van der Waals surface area contributed by atoms with Gasteiger partial charge in [0.1, 0.15) is 5.75 Å². The van der Waals surface area contributed by atoms with Crippen molar-refractivity contribution in [3.05, 3.63) is 50.7 Å². The predicted molar refractivity (Wildman–Crippen MR) is 82.6 cm³/mol. The number of hydrogen-bond donors (Lipinski definition) is 1. The van der Waals surface area contributed by atoms with Crippen molar-refractivity contribution in [2.45, 2.75) is 19.9 Å². The molecule has 0 saturated carbocycles. The monoisotopic (exact) mass is 295 g/mol. The molecular weight excluding hydrogens is 278 g/mol. The van der Waals surface area contributed by atoms with E-state index < -0.39 is 0 Å². The molecule has 0 aliphatic carbocycles. The van der Waals surface area contributed by atoms with Gasteiger partial charge in [0.15, 0.2) is 0 Å². The van der Waals surface area contributed by atoms with E-state index in [9.17, 15) is 0 Å². The molecule has 0 spiro atoms. The smallest absolute Gasteiger partial charge is 0.124 e. The second kappa shape index (κ2) is 6.42. The number of thiophene rings is 1. The van der Waals surface area contributed by atoms with Crippen LogP contribution in [0.3, 0.4) is 0 Å². The summed E-state index contributed by atoms with van der Waals surface area (Å²) in [7, 11) is 1.70. The standard InChI is InChI=1S/C15H18ClNOS/c1-4-17-14(15-13(16)10(2)9-19-15)11-7-5-6-8-12(11)18-3/h5-9,14,17H,4H2,1-3H3. The number of methoxy groups -OCH3 is 1. The van der Waals surface area contributed by atoms with E-state index in [2.05, 4.69) is 23.7 Å². The molecule has 102 valence electrons. The quantitative estimate of drug-likeness (QED) is 0.882. The third kappa shape index (κ3) is 2.94. The van der Waals surface area contributed by atoms with Gasteiger partial charge in [-0.1, -0.05) is 36.7 Å². The molecule has 0 fully saturated rings. The third-order valence-corrected chi connectivity index (χ3v) is 4.82. The first kappa shape index (κ1) is 14.4. The summed E-state index contributed by atoms with van der Waals surface area (Å²) in [5.74, 6) is 0.885. The number of hydrogen-bond acceptors (Lipinski definition) is 3. The minimum atomic E-state index is 0.0763. The Morgan fingerprint density at radius 2 is 2.11 bits per heavy atom. The highest BCUT2D eigenvalue weighted by atomic mass is 35.5. The van der Waals surface area contributed by atoms with E-state index in [-0.39, 0.29) is 6.04 Å². The van der Waals surface area contributed by atoms with Crippen molar-refractivity contribution in [2.24, 2.45) is 0 Å². The zero-order valence-electron chi connectivity index (χ0n) is 11.4. The Bertz CT molecular complexity index is 553. The molecule has 1 aromatic carbocycles. The summed E-state index contributed by atoms with van der Waals surface area (Å²) in [5.41, 5.74) is 2.25. The Morgan fingerprint density at radius 1 is 1.37 bits per heavy atom. The average Bonchev–Trinajstić information content (AvgIpc) is 2.76. The average molecular weight is 296 g/mol. The Kier molecular flexibility index (Phi) is 4.86. The van der Waals surface area contributed by atoms with E-state index in [1.165, 1.54) is 0 Å². The van der Waals surface area contributed by atoms with Gasteiger partial charge >= 0.3 is 0 Å². The van der Waals surface area contributed by atoms with E-state index >= 15 is 0 Å². The summed E-state index contributed by atoms with van der Waals surface area (Å²) >= 11 is 8.10. The molecule has 1 aromatic heterocycles. The fourth-order valence-electron chi connectivity index (χ4n) is 2.10. The lowest BCUT2D eigenvalue weighted by molar-refractivity contribution is 0.404. The van der Waals surface area contributed by atoms with Crippen LogP contribution in [-0.4, -0.2) is 13.7 Å². The van der Waals surface area contributed by atoms with Gasteiger partial charge in [0.25, 0.3) is 0 Å². The number of nitrogens with one attached hydrogen (secondary N) is 1. The lowest BCUT2D eigenvalue weighted by Crippen LogP contribution is -2.22. The molecular formula is C15H18ClNOS. The molecule has 1 N–H and O–H groups in total. The van der Waals surface area contributed by atoms with Gasteiger partial charge in [-0.3, -0.25) is 0 Å². The maximum atomic E-state index is 6.41. The van der Waals surface area contributed by atoms with Gasteiger partial charge in [0.2, 0.25) is 0 Å². The number of para-hydroxylation sites is 1. The molecule has 1 atom stereocenters. The molecule has 2 rings (SSSR count). The van der Waals surface area contributed by atoms with Crippen molar-refractivity contribution in [3.63, 3.8) is 0 Å². The largest absolute Gasteiger partial charge is 0.496 e. The van der Waals surface area contributed by atoms with Crippen molar-refractivity contribution in [2.75, 3.05) is 13.7 Å². The molecule has 4 heteroatoms. The maximum absolute atomic E-state index is 6.41. The van der Waals surface area contributed by atoms with E-state index in [1.807, 2.05) is 25.1 Å². The van der Waals surface area contributed by atoms with Crippen molar-refractivity contribution in [1.82, 2.24) is 5.32 Å². The topological polar surface area (TPSA) is 21.3 Å². The molecule has 0 aliphatic heterocycles. The number of ether oxygens (including phenoxy) is 1. The van der Waals surface area contributed by atoms with Gasteiger partial charge in [0.05, 0.1) is 18.2 Å². The Labute approximate surface area is 123 Å². The summed E-state index contributed by atoms with van der Waals surface area (Å²) in [5, 5.41) is 6.43. The summed E-state index contributed by atoms with van der Waals surface area (Å²) in [4.78, 5) is 1.14. The van der Waals surface area contributed by atoms with Gasteiger partial charge in [0, 0.05) is 10.4 Å². The van der Waals surface area contributed by atoms with Crippen LogP contribution >= 0.6 is 22.9 Å². The molecule has 1 heterocycles.